The largest absolute Gasteiger partial charge is 0.497 e. The second-order valence-corrected chi connectivity index (χ2v) is 7.32. The molecule has 10 nitrogen and oxygen atoms in total. The monoisotopic (exact) mass is 496 g/mol. The number of aromatic amines is 1. The Morgan fingerprint density at radius 1 is 1.24 bits per heavy atom. The first-order valence-electron chi connectivity index (χ1n) is 9.76. The van der Waals surface area contributed by atoms with Crippen LogP contribution in [0, 0.1) is 14.9 Å². The predicted molar refractivity (Wildman–Crippen MR) is 119 cm³/mol. The summed E-state index contributed by atoms with van der Waals surface area (Å²) in [7, 11) is 1.54. The second-order valence-electron chi connectivity index (χ2n) is 6.93. The van der Waals surface area contributed by atoms with Gasteiger partial charge < -0.3 is 15.4 Å². The van der Waals surface area contributed by atoms with E-state index < -0.39 is 28.3 Å². The Bertz CT molecular complexity index is 1240. The molecule has 0 aliphatic rings. The standard InChI is InChI=1S/C20H19F3N6O4S/c1-33-14-5-2-12(3-6-14)18-26-27-19(34)28(18)11-17(30)25-9-8-24-15-7-4-13(20(21,22)23)10-16(15)29(31)32/h2-7,10,24H,8-9,11H2,1H3,(H,25,30)(H,27,34). The Hall–Kier alpha value is -3.94. The van der Waals surface area contributed by atoms with Crippen LogP contribution in [-0.2, 0) is 17.5 Å². The molecule has 0 aliphatic heterocycles. The van der Waals surface area contributed by atoms with Crippen molar-refractivity contribution in [2.24, 2.45) is 0 Å². The van der Waals surface area contributed by atoms with Crippen LogP contribution in [0.1, 0.15) is 5.56 Å². The summed E-state index contributed by atoms with van der Waals surface area (Å²) < 4.78 is 45.3. The van der Waals surface area contributed by atoms with E-state index in [-0.39, 0.29) is 30.1 Å². The number of nitrogens with zero attached hydrogens (tertiary/aromatic N) is 3. The Morgan fingerprint density at radius 2 is 1.94 bits per heavy atom. The van der Waals surface area contributed by atoms with E-state index in [0.29, 0.717) is 23.2 Å². The first-order valence-corrected chi connectivity index (χ1v) is 10.2. The molecule has 2 aromatic carbocycles. The molecule has 1 amide bonds. The summed E-state index contributed by atoms with van der Waals surface area (Å²) in [5.41, 5.74) is -1.22. The minimum Gasteiger partial charge on any atom is -0.497 e. The average Bonchev–Trinajstić information content (AvgIpc) is 3.16. The van der Waals surface area contributed by atoms with Gasteiger partial charge in [0, 0.05) is 24.7 Å². The fourth-order valence-corrected chi connectivity index (χ4v) is 3.23. The molecule has 34 heavy (non-hydrogen) atoms. The van der Waals surface area contributed by atoms with Crippen molar-refractivity contribution < 1.29 is 27.6 Å². The molecule has 3 aromatic rings. The third-order valence-electron chi connectivity index (χ3n) is 4.69. The molecule has 3 rings (SSSR count). The topological polar surface area (TPSA) is 127 Å². The molecule has 180 valence electrons. The summed E-state index contributed by atoms with van der Waals surface area (Å²) in [4.78, 5) is 22.6. The fraction of sp³-hybridized carbons (Fsp3) is 0.250. The Kier molecular flexibility index (Phi) is 7.50. The SMILES string of the molecule is COc1ccc(-c2n[nH]c(=S)n2CC(=O)NCCNc2ccc(C(F)(F)F)cc2[N+](=O)[O-])cc1. The number of hydrogen-bond donors (Lipinski definition) is 3. The Morgan fingerprint density at radius 3 is 2.56 bits per heavy atom. The molecule has 0 saturated carbocycles. The van der Waals surface area contributed by atoms with Crippen molar-refractivity contribution >= 4 is 29.5 Å². The predicted octanol–water partition coefficient (Wildman–Crippen LogP) is 3.77. The van der Waals surface area contributed by atoms with Crippen LogP contribution < -0.4 is 15.4 Å². The first kappa shape index (κ1) is 24.7. The highest BCUT2D eigenvalue weighted by Gasteiger charge is 2.33. The zero-order valence-electron chi connectivity index (χ0n) is 17.7. The fourth-order valence-electron chi connectivity index (χ4n) is 3.03. The number of nitro benzene ring substituents is 1. The average molecular weight is 496 g/mol. The number of carbonyl (C=O) groups is 1. The first-order chi connectivity index (χ1) is 16.1. The van der Waals surface area contributed by atoms with E-state index in [2.05, 4.69) is 20.8 Å². The molecule has 0 saturated heterocycles. The van der Waals surface area contributed by atoms with Crippen LogP contribution in [0.3, 0.4) is 0 Å². The number of ether oxygens (including phenoxy) is 1. The molecular formula is C20H19F3N6O4S. The quantitative estimate of drug-likeness (QED) is 0.178. The maximum atomic E-state index is 12.8. The second kappa shape index (κ2) is 10.3. The third-order valence-corrected chi connectivity index (χ3v) is 5.00. The maximum Gasteiger partial charge on any atom is 0.416 e. The van der Waals surface area contributed by atoms with Gasteiger partial charge in [-0.2, -0.15) is 18.3 Å². The summed E-state index contributed by atoms with van der Waals surface area (Å²) in [5, 5.41) is 23.2. The highest BCUT2D eigenvalue weighted by atomic mass is 32.1. The summed E-state index contributed by atoms with van der Waals surface area (Å²) in [6.07, 6.45) is -4.70. The van der Waals surface area contributed by atoms with Crippen molar-refractivity contribution in [3.8, 4) is 17.1 Å². The summed E-state index contributed by atoms with van der Waals surface area (Å²) in [5.74, 6) is 0.695. The van der Waals surface area contributed by atoms with Crippen molar-refractivity contribution in [3.05, 3.63) is 62.9 Å². The molecule has 0 bridgehead atoms. The lowest BCUT2D eigenvalue weighted by Gasteiger charge is -2.12. The van der Waals surface area contributed by atoms with Gasteiger partial charge >= 0.3 is 6.18 Å². The number of nitro groups is 1. The number of carbonyl (C=O) groups excluding carboxylic acids is 1. The number of aromatic nitrogens is 3. The van der Waals surface area contributed by atoms with Crippen LogP contribution in [0.4, 0.5) is 24.5 Å². The highest BCUT2D eigenvalue weighted by molar-refractivity contribution is 7.71. The number of H-pyrrole nitrogens is 1. The number of methoxy groups -OCH3 is 1. The zero-order chi connectivity index (χ0) is 24.9. The maximum absolute atomic E-state index is 12.8. The van der Waals surface area contributed by atoms with E-state index in [1.54, 1.807) is 31.4 Å². The lowest BCUT2D eigenvalue weighted by Crippen LogP contribution is -2.32. The number of alkyl halides is 3. The molecule has 0 atom stereocenters. The molecule has 0 unspecified atom stereocenters. The van der Waals surface area contributed by atoms with Crippen molar-refractivity contribution in [2.45, 2.75) is 12.7 Å². The Labute approximate surface area is 195 Å². The number of anilines is 1. The van der Waals surface area contributed by atoms with Gasteiger partial charge in [0.1, 0.15) is 18.0 Å². The van der Waals surface area contributed by atoms with E-state index in [4.69, 9.17) is 17.0 Å². The lowest BCUT2D eigenvalue weighted by atomic mass is 10.1. The Balaban J connectivity index is 1.59. The molecule has 0 fully saturated rings. The zero-order valence-corrected chi connectivity index (χ0v) is 18.5. The van der Waals surface area contributed by atoms with Gasteiger partial charge in [-0.15, -0.1) is 0 Å². The number of benzene rings is 2. The van der Waals surface area contributed by atoms with E-state index in [1.165, 1.54) is 4.57 Å². The third kappa shape index (κ3) is 5.89. The molecule has 0 radical (unpaired) electrons. The van der Waals surface area contributed by atoms with E-state index in [0.717, 1.165) is 12.1 Å². The van der Waals surface area contributed by atoms with E-state index >= 15 is 0 Å². The van der Waals surface area contributed by atoms with Gasteiger partial charge in [-0.3, -0.25) is 24.6 Å². The van der Waals surface area contributed by atoms with Gasteiger partial charge in [-0.1, -0.05) is 0 Å². The van der Waals surface area contributed by atoms with Gasteiger partial charge in [0.2, 0.25) is 5.91 Å². The van der Waals surface area contributed by atoms with Crippen molar-refractivity contribution in [1.82, 2.24) is 20.1 Å². The van der Waals surface area contributed by atoms with Gasteiger partial charge in [0.05, 0.1) is 17.6 Å². The van der Waals surface area contributed by atoms with Gasteiger partial charge in [-0.05, 0) is 48.6 Å². The molecule has 0 spiro atoms. The molecule has 1 aromatic heterocycles. The van der Waals surface area contributed by atoms with Crippen LogP contribution in [0.5, 0.6) is 5.75 Å². The number of halogens is 3. The lowest BCUT2D eigenvalue weighted by molar-refractivity contribution is -0.384. The normalized spacial score (nSPS) is 11.2. The van der Waals surface area contributed by atoms with Crippen LogP contribution in [0.2, 0.25) is 0 Å². The minimum atomic E-state index is -4.70. The summed E-state index contributed by atoms with van der Waals surface area (Å²) in [6.45, 7) is -0.0444. The minimum absolute atomic E-state index is 0.0417. The van der Waals surface area contributed by atoms with Crippen LogP contribution in [0.15, 0.2) is 42.5 Å². The van der Waals surface area contributed by atoms with Gasteiger partial charge in [0.25, 0.3) is 5.69 Å². The molecule has 14 heteroatoms. The highest BCUT2D eigenvalue weighted by Crippen LogP contribution is 2.34. The van der Waals surface area contributed by atoms with Crippen molar-refractivity contribution in [2.75, 3.05) is 25.5 Å². The van der Waals surface area contributed by atoms with Crippen LogP contribution >= 0.6 is 12.2 Å². The van der Waals surface area contributed by atoms with Crippen molar-refractivity contribution in [1.29, 1.82) is 0 Å². The number of hydrogen-bond acceptors (Lipinski definition) is 7. The summed E-state index contributed by atoms with van der Waals surface area (Å²) >= 11 is 5.20. The number of amides is 1. The van der Waals surface area contributed by atoms with Crippen LogP contribution in [-0.4, -0.2) is 45.8 Å². The van der Waals surface area contributed by atoms with Crippen molar-refractivity contribution in [3.63, 3.8) is 0 Å². The molecule has 0 aliphatic carbocycles. The van der Waals surface area contributed by atoms with Crippen LogP contribution in [0.25, 0.3) is 11.4 Å². The molecule has 1 heterocycles. The number of nitrogens with one attached hydrogen (secondary N) is 3. The van der Waals surface area contributed by atoms with Gasteiger partial charge in [0.15, 0.2) is 10.6 Å². The van der Waals surface area contributed by atoms with E-state index in [1.807, 2.05) is 0 Å². The molecular weight excluding hydrogens is 477 g/mol. The van der Waals surface area contributed by atoms with Gasteiger partial charge in [-0.25, -0.2) is 0 Å². The smallest absolute Gasteiger partial charge is 0.416 e. The molecule has 3 N–H and O–H groups in total. The number of rotatable bonds is 9. The van der Waals surface area contributed by atoms with E-state index in [9.17, 15) is 28.1 Å². The summed E-state index contributed by atoms with van der Waals surface area (Å²) in [6, 6.07) is 9.19.